The summed E-state index contributed by atoms with van der Waals surface area (Å²) in [4.78, 5) is 4.97. The van der Waals surface area contributed by atoms with Crippen LogP contribution in [-0.4, -0.2) is 52.0 Å². The molecular weight excluding hydrogens is 240 g/mol. The zero-order chi connectivity index (χ0) is 13.6. The fraction of sp³-hybridized carbons (Fsp3) is 0.786. The van der Waals surface area contributed by atoms with Crippen LogP contribution in [0.3, 0.4) is 0 Å². The molecule has 5 heteroatoms. The average Bonchev–Trinajstić information content (AvgIpc) is 2.77. The van der Waals surface area contributed by atoms with E-state index in [0.717, 1.165) is 36.2 Å². The average molecular weight is 264 g/mol. The Morgan fingerprint density at radius 1 is 1.21 bits per heavy atom. The number of aromatic nitrogens is 2. The van der Waals surface area contributed by atoms with Gasteiger partial charge in [0.1, 0.15) is 5.82 Å². The van der Waals surface area contributed by atoms with Crippen molar-refractivity contribution < 1.29 is 5.11 Å². The molecule has 0 amide bonds. The van der Waals surface area contributed by atoms with E-state index in [1.165, 1.54) is 19.3 Å². The lowest BCUT2D eigenvalue weighted by atomic mass is 10.1. The molecule has 0 saturated carbocycles. The van der Waals surface area contributed by atoms with Crippen LogP contribution in [0.5, 0.6) is 0 Å². The Balaban J connectivity index is 1.91. The van der Waals surface area contributed by atoms with Gasteiger partial charge < -0.3 is 10.0 Å². The maximum absolute atomic E-state index is 9.61. The summed E-state index contributed by atoms with van der Waals surface area (Å²) in [5.41, 5.74) is 1.94. The van der Waals surface area contributed by atoms with Gasteiger partial charge in [-0.25, -0.2) is 0 Å². The second-order valence-electron chi connectivity index (χ2n) is 5.95. The van der Waals surface area contributed by atoms with Crippen molar-refractivity contribution in [3.63, 3.8) is 0 Å². The van der Waals surface area contributed by atoms with E-state index in [-0.39, 0.29) is 6.61 Å². The molecule has 0 aromatic carbocycles. The van der Waals surface area contributed by atoms with Gasteiger partial charge in [0, 0.05) is 37.8 Å². The largest absolute Gasteiger partial charge is 0.391 e. The maximum atomic E-state index is 9.61. The molecule has 2 aliphatic heterocycles. The normalized spacial score (nSPS) is 27.9. The molecule has 3 heterocycles. The van der Waals surface area contributed by atoms with Crippen LogP contribution in [0, 0.1) is 6.92 Å². The number of hydrogen-bond donors (Lipinski definition) is 1. The lowest BCUT2D eigenvalue weighted by Crippen LogP contribution is -2.37. The highest BCUT2D eigenvalue weighted by Crippen LogP contribution is 2.32. The van der Waals surface area contributed by atoms with Gasteiger partial charge in [0.05, 0.1) is 12.3 Å². The number of aliphatic hydroxyl groups excluding tert-OH is 1. The Labute approximate surface area is 114 Å². The van der Waals surface area contributed by atoms with Crippen molar-refractivity contribution in [1.82, 2.24) is 14.7 Å². The minimum Gasteiger partial charge on any atom is -0.391 e. The first-order chi connectivity index (χ1) is 9.11. The fourth-order valence-electron chi connectivity index (χ4n) is 3.77. The quantitative estimate of drug-likeness (QED) is 0.862. The summed E-state index contributed by atoms with van der Waals surface area (Å²) in [6, 6.07) is 1.39. The topological polar surface area (TPSA) is 44.5 Å². The number of rotatable bonds is 2. The van der Waals surface area contributed by atoms with E-state index in [1.807, 2.05) is 18.7 Å². The monoisotopic (exact) mass is 264 g/mol. The van der Waals surface area contributed by atoms with Gasteiger partial charge in [-0.2, -0.15) is 5.10 Å². The number of fused-ring (bicyclic) bond motifs is 2. The summed E-state index contributed by atoms with van der Waals surface area (Å²) in [6.07, 6.45) is 3.84. The highest BCUT2D eigenvalue weighted by molar-refractivity contribution is 5.50. The third-order valence-corrected chi connectivity index (χ3v) is 4.92. The van der Waals surface area contributed by atoms with Crippen LogP contribution < -0.4 is 4.90 Å². The number of hydrogen-bond acceptors (Lipinski definition) is 4. The van der Waals surface area contributed by atoms with Crippen LogP contribution in [0.4, 0.5) is 5.82 Å². The predicted molar refractivity (Wildman–Crippen MR) is 75.3 cm³/mol. The molecular formula is C14H24N4O. The molecule has 5 nitrogen and oxygen atoms in total. The molecule has 0 spiro atoms. The number of aliphatic hydroxyl groups is 1. The van der Waals surface area contributed by atoms with Crippen LogP contribution in [0.25, 0.3) is 0 Å². The predicted octanol–water partition coefficient (Wildman–Crippen LogP) is 0.894. The molecule has 1 N–H and O–H groups in total. The summed E-state index contributed by atoms with van der Waals surface area (Å²) < 4.78 is 1.93. The van der Waals surface area contributed by atoms with Crippen LogP contribution in [0.2, 0.25) is 0 Å². The van der Waals surface area contributed by atoms with Crippen molar-refractivity contribution in [2.75, 3.05) is 25.0 Å². The molecule has 2 saturated heterocycles. The number of nitrogens with zero attached hydrogens (tertiary/aromatic N) is 4. The van der Waals surface area contributed by atoms with E-state index in [4.69, 9.17) is 0 Å². The molecule has 2 aliphatic rings. The summed E-state index contributed by atoms with van der Waals surface area (Å²) in [7, 11) is 4.24. The first kappa shape index (κ1) is 12.9. The molecule has 2 fully saturated rings. The number of anilines is 1. The van der Waals surface area contributed by atoms with Gasteiger partial charge in [-0.05, 0) is 33.2 Å². The van der Waals surface area contributed by atoms with Gasteiger partial charge >= 0.3 is 0 Å². The van der Waals surface area contributed by atoms with E-state index >= 15 is 0 Å². The van der Waals surface area contributed by atoms with Crippen LogP contribution in [-0.2, 0) is 13.7 Å². The van der Waals surface area contributed by atoms with Gasteiger partial charge in [0.2, 0.25) is 0 Å². The molecule has 2 bridgehead atoms. The number of aryl methyl sites for hydroxylation is 2. The Hall–Kier alpha value is -1.07. The minimum absolute atomic E-state index is 0.0788. The van der Waals surface area contributed by atoms with E-state index in [2.05, 4.69) is 21.9 Å². The minimum atomic E-state index is 0.0788. The lowest BCUT2D eigenvalue weighted by molar-refractivity contribution is 0.254. The molecule has 3 rings (SSSR count). The first-order valence-electron chi connectivity index (χ1n) is 7.22. The van der Waals surface area contributed by atoms with E-state index < -0.39 is 0 Å². The SMILES string of the molecule is Cc1nn(C)c(N2CCC3CCC(C2)N3C)c1CO. The first-order valence-corrected chi connectivity index (χ1v) is 7.22. The highest BCUT2D eigenvalue weighted by Gasteiger charge is 2.36. The van der Waals surface area contributed by atoms with E-state index in [0.29, 0.717) is 6.04 Å². The van der Waals surface area contributed by atoms with Crippen molar-refractivity contribution in [1.29, 1.82) is 0 Å². The second kappa shape index (κ2) is 4.80. The van der Waals surface area contributed by atoms with Gasteiger partial charge in [0.25, 0.3) is 0 Å². The summed E-state index contributed by atoms with van der Waals surface area (Å²) in [5.74, 6) is 1.11. The second-order valence-corrected chi connectivity index (χ2v) is 5.95. The highest BCUT2D eigenvalue weighted by atomic mass is 16.3. The number of likely N-dealkylation sites (N-methyl/N-ethyl adjacent to an activating group) is 1. The molecule has 1 aromatic rings. The lowest BCUT2D eigenvalue weighted by Gasteiger charge is -2.28. The molecule has 19 heavy (non-hydrogen) atoms. The van der Waals surface area contributed by atoms with E-state index in [1.54, 1.807) is 0 Å². The molecule has 0 radical (unpaired) electrons. The third kappa shape index (κ3) is 2.05. The molecule has 2 unspecified atom stereocenters. The Bertz CT molecular complexity index is 470. The van der Waals surface area contributed by atoms with Crippen molar-refractivity contribution in [2.24, 2.45) is 7.05 Å². The summed E-state index contributed by atoms with van der Waals surface area (Å²) in [5, 5.41) is 14.1. The van der Waals surface area contributed by atoms with Crippen LogP contribution >= 0.6 is 0 Å². The smallest absolute Gasteiger partial charge is 0.132 e. The van der Waals surface area contributed by atoms with E-state index in [9.17, 15) is 5.11 Å². The zero-order valence-electron chi connectivity index (χ0n) is 12.1. The summed E-state index contributed by atoms with van der Waals surface area (Å²) >= 11 is 0. The zero-order valence-corrected chi connectivity index (χ0v) is 12.1. The maximum Gasteiger partial charge on any atom is 0.132 e. The molecule has 0 aliphatic carbocycles. The molecule has 106 valence electrons. The van der Waals surface area contributed by atoms with Crippen molar-refractivity contribution in [3.05, 3.63) is 11.3 Å². The van der Waals surface area contributed by atoms with Crippen molar-refractivity contribution in [3.8, 4) is 0 Å². The van der Waals surface area contributed by atoms with Gasteiger partial charge in [-0.15, -0.1) is 0 Å². The Kier molecular flexibility index (Phi) is 3.27. The van der Waals surface area contributed by atoms with Gasteiger partial charge in [0.15, 0.2) is 0 Å². The fourth-order valence-corrected chi connectivity index (χ4v) is 3.77. The van der Waals surface area contributed by atoms with Crippen molar-refractivity contribution >= 4 is 5.82 Å². The molecule has 1 aromatic heterocycles. The Morgan fingerprint density at radius 2 is 1.95 bits per heavy atom. The van der Waals surface area contributed by atoms with Crippen LogP contribution in [0.1, 0.15) is 30.5 Å². The Morgan fingerprint density at radius 3 is 2.68 bits per heavy atom. The van der Waals surface area contributed by atoms with Crippen molar-refractivity contribution in [2.45, 2.75) is 44.9 Å². The summed E-state index contributed by atoms with van der Waals surface area (Å²) in [6.45, 7) is 4.18. The standard InChI is InChI=1S/C14H24N4O/c1-10-13(9-19)14(17(3)15-10)18-7-6-11-4-5-12(8-18)16(11)2/h11-12,19H,4-9H2,1-3H3. The molecule has 2 atom stereocenters. The van der Waals surface area contributed by atoms with Gasteiger partial charge in [-0.3, -0.25) is 9.58 Å². The third-order valence-electron chi connectivity index (χ3n) is 4.92. The van der Waals surface area contributed by atoms with Crippen LogP contribution in [0.15, 0.2) is 0 Å². The van der Waals surface area contributed by atoms with Gasteiger partial charge in [-0.1, -0.05) is 0 Å².